The molecular formula is C24H20F2N6O2. The molecule has 1 amide bonds. The number of fused-ring (bicyclic) bond motifs is 2. The van der Waals surface area contributed by atoms with Gasteiger partial charge in [-0.15, -0.1) is 5.10 Å². The minimum atomic E-state index is -0.625. The molecule has 3 aromatic heterocycles. The summed E-state index contributed by atoms with van der Waals surface area (Å²) in [6, 6.07) is 7.58. The van der Waals surface area contributed by atoms with E-state index in [0.29, 0.717) is 29.9 Å². The van der Waals surface area contributed by atoms with E-state index in [1.807, 2.05) is 6.07 Å². The van der Waals surface area contributed by atoms with Gasteiger partial charge in [-0.2, -0.15) is 4.98 Å². The fourth-order valence-electron chi connectivity index (χ4n) is 4.17. The second-order valence-electron chi connectivity index (χ2n) is 8.58. The number of hydrogen-bond donors (Lipinski definition) is 1. The molecular weight excluding hydrogens is 442 g/mol. The van der Waals surface area contributed by atoms with Crippen molar-refractivity contribution in [2.45, 2.75) is 31.9 Å². The number of nitrogens with two attached hydrogens (primary N) is 1. The monoisotopic (exact) mass is 462 g/mol. The van der Waals surface area contributed by atoms with Crippen molar-refractivity contribution in [3.8, 4) is 16.9 Å². The number of anilines is 1. The Morgan fingerprint density at radius 3 is 2.82 bits per heavy atom. The van der Waals surface area contributed by atoms with Crippen molar-refractivity contribution in [1.29, 1.82) is 0 Å². The maximum atomic E-state index is 15.0. The van der Waals surface area contributed by atoms with Crippen LogP contribution in [0.4, 0.5) is 14.7 Å². The summed E-state index contributed by atoms with van der Waals surface area (Å²) in [5.74, 6) is -1.43. The molecule has 0 saturated heterocycles. The highest BCUT2D eigenvalue weighted by atomic mass is 19.1. The predicted molar refractivity (Wildman–Crippen MR) is 119 cm³/mol. The summed E-state index contributed by atoms with van der Waals surface area (Å²) in [6.07, 6.45) is 5.56. The van der Waals surface area contributed by atoms with Gasteiger partial charge in [-0.05, 0) is 42.7 Å². The van der Waals surface area contributed by atoms with E-state index in [1.54, 1.807) is 29.0 Å². The van der Waals surface area contributed by atoms with Gasteiger partial charge in [-0.3, -0.25) is 9.78 Å². The number of hydrogen-bond acceptors (Lipinski definition) is 6. The molecule has 1 aromatic carbocycles. The molecule has 1 aliphatic heterocycles. The van der Waals surface area contributed by atoms with Crippen molar-refractivity contribution in [3.05, 3.63) is 71.2 Å². The molecule has 34 heavy (non-hydrogen) atoms. The standard InChI is InChI=1S/C24H20F2N6O2/c25-16-7-15(22(26)20(10-16)34-17-1-2-17)12-31-5-4-19-18(23(31)33)8-14(11-28-19)13-3-6-32-21(9-13)29-24(27)30-32/h3,6-11,17H,1-2,4-5,12H2,(H2,27,30). The molecule has 4 heterocycles. The second-order valence-corrected chi connectivity index (χ2v) is 8.58. The summed E-state index contributed by atoms with van der Waals surface area (Å²) in [6.45, 7) is 0.302. The molecule has 2 aliphatic rings. The number of aromatic nitrogens is 4. The van der Waals surface area contributed by atoms with Crippen LogP contribution in [0.1, 0.15) is 34.5 Å². The number of carbonyl (C=O) groups excluding carboxylic acids is 1. The summed E-state index contributed by atoms with van der Waals surface area (Å²) in [5, 5.41) is 4.06. The van der Waals surface area contributed by atoms with Gasteiger partial charge in [0.1, 0.15) is 5.82 Å². The molecule has 0 spiro atoms. The molecule has 172 valence electrons. The predicted octanol–water partition coefficient (Wildman–Crippen LogP) is 3.39. The Morgan fingerprint density at radius 2 is 2.00 bits per heavy atom. The van der Waals surface area contributed by atoms with Gasteiger partial charge < -0.3 is 15.4 Å². The molecule has 2 N–H and O–H groups in total. The number of pyridine rings is 2. The summed E-state index contributed by atoms with van der Waals surface area (Å²) in [7, 11) is 0. The summed E-state index contributed by atoms with van der Waals surface area (Å²) >= 11 is 0. The number of nitrogen functional groups attached to an aromatic ring is 1. The normalized spacial score (nSPS) is 15.6. The van der Waals surface area contributed by atoms with E-state index in [1.165, 1.54) is 4.90 Å². The van der Waals surface area contributed by atoms with Gasteiger partial charge in [0.05, 0.1) is 17.4 Å². The van der Waals surface area contributed by atoms with Crippen molar-refractivity contribution >= 4 is 17.5 Å². The minimum Gasteiger partial charge on any atom is -0.487 e. The van der Waals surface area contributed by atoms with E-state index in [9.17, 15) is 13.6 Å². The first-order valence-corrected chi connectivity index (χ1v) is 11.0. The number of nitrogens with zero attached hydrogens (tertiary/aromatic N) is 5. The molecule has 1 saturated carbocycles. The third-order valence-electron chi connectivity index (χ3n) is 6.05. The highest BCUT2D eigenvalue weighted by molar-refractivity contribution is 5.97. The number of ether oxygens (including phenoxy) is 1. The molecule has 0 bridgehead atoms. The van der Waals surface area contributed by atoms with Gasteiger partial charge in [0.25, 0.3) is 5.91 Å². The molecule has 1 aliphatic carbocycles. The van der Waals surface area contributed by atoms with E-state index >= 15 is 0 Å². The maximum absolute atomic E-state index is 15.0. The van der Waals surface area contributed by atoms with E-state index in [0.717, 1.165) is 36.1 Å². The lowest BCUT2D eigenvalue weighted by Crippen LogP contribution is -2.37. The van der Waals surface area contributed by atoms with E-state index in [2.05, 4.69) is 15.1 Å². The number of rotatable bonds is 5. The fraction of sp³-hybridized carbons (Fsp3) is 0.250. The Morgan fingerprint density at radius 1 is 1.15 bits per heavy atom. The number of carbonyl (C=O) groups is 1. The summed E-state index contributed by atoms with van der Waals surface area (Å²) in [5.41, 5.74) is 8.98. The Hall–Kier alpha value is -4.08. The van der Waals surface area contributed by atoms with Crippen molar-refractivity contribution in [3.63, 3.8) is 0 Å². The smallest absolute Gasteiger partial charge is 0.256 e. The van der Waals surface area contributed by atoms with Crippen LogP contribution in [0.2, 0.25) is 0 Å². The molecule has 4 aromatic rings. The molecule has 8 nitrogen and oxygen atoms in total. The van der Waals surface area contributed by atoms with Gasteiger partial charge in [-0.1, -0.05) is 0 Å². The van der Waals surface area contributed by atoms with Gasteiger partial charge >= 0.3 is 0 Å². The van der Waals surface area contributed by atoms with Crippen molar-refractivity contribution < 1.29 is 18.3 Å². The molecule has 0 radical (unpaired) electrons. The molecule has 10 heteroatoms. The Balaban J connectivity index is 1.29. The first-order chi connectivity index (χ1) is 16.4. The Kier molecular flexibility index (Phi) is 4.68. The minimum absolute atomic E-state index is 0.0574. The van der Waals surface area contributed by atoms with Crippen LogP contribution < -0.4 is 10.5 Å². The van der Waals surface area contributed by atoms with Crippen LogP contribution in [0.5, 0.6) is 5.75 Å². The first kappa shape index (κ1) is 20.5. The van der Waals surface area contributed by atoms with Gasteiger partial charge in [0, 0.05) is 49.1 Å². The second kappa shape index (κ2) is 7.75. The maximum Gasteiger partial charge on any atom is 0.256 e. The van der Waals surface area contributed by atoms with Gasteiger partial charge in [0.2, 0.25) is 5.95 Å². The fourth-order valence-corrected chi connectivity index (χ4v) is 4.17. The molecule has 6 rings (SSSR count). The zero-order chi connectivity index (χ0) is 23.4. The average Bonchev–Trinajstić information content (AvgIpc) is 3.56. The lowest BCUT2D eigenvalue weighted by Gasteiger charge is -2.28. The van der Waals surface area contributed by atoms with Crippen LogP contribution in [-0.2, 0) is 13.0 Å². The number of benzene rings is 1. The highest BCUT2D eigenvalue weighted by Gasteiger charge is 2.29. The SMILES string of the molecule is Nc1nc2cc(-c3cnc4c(c3)C(=O)N(Cc3cc(F)cc(OC5CC5)c3F)CC4)ccn2n1. The first-order valence-electron chi connectivity index (χ1n) is 11.0. The third kappa shape index (κ3) is 3.70. The van der Waals surface area contributed by atoms with Crippen LogP contribution in [-0.4, -0.2) is 43.0 Å². The molecule has 0 atom stereocenters. The van der Waals surface area contributed by atoms with Crippen molar-refractivity contribution in [2.75, 3.05) is 12.3 Å². The van der Waals surface area contributed by atoms with Crippen LogP contribution in [0, 0.1) is 11.6 Å². The largest absolute Gasteiger partial charge is 0.487 e. The van der Waals surface area contributed by atoms with E-state index in [-0.39, 0.29) is 35.8 Å². The van der Waals surface area contributed by atoms with Gasteiger partial charge in [0.15, 0.2) is 17.2 Å². The highest BCUT2D eigenvalue weighted by Crippen LogP contribution is 2.32. The molecule has 0 unspecified atom stereocenters. The zero-order valence-corrected chi connectivity index (χ0v) is 18.0. The Bertz CT molecular complexity index is 1450. The zero-order valence-electron chi connectivity index (χ0n) is 18.0. The van der Waals surface area contributed by atoms with Crippen molar-refractivity contribution in [2.24, 2.45) is 0 Å². The van der Waals surface area contributed by atoms with Crippen LogP contribution in [0.3, 0.4) is 0 Å². The van der Waals surface area contributed by atoms with Crippen LogP contribution >= 0.6 is 0 Å². The number of halogens is 2. The quantitative estimate of drug-likeness (QED) is 0.488. The van der Waals surface area contributed by atoms with E-state index < -0.39 is 11.6 Å². The number of amides is 1. The topological polar surface area (TPSA) is 98.6 Å². The van der Waals surface area contributed by atoms with Gasteiger partial charge in [-0.25, -0.2) is 13.3 Å². The lowest BCUT2D eigenvalue weighted by molar-refractivity contribution is 0.0723. The summed E-state index contributed by atoms with van der Waals surface area (Å²) in [4.78, 5) is 23.4. The van der Waals surface area contributed by atoms with Crippen LogP contribution in [0.15, 0.2) is 42.7 Å². The van der Waals surface area contributed by atoms with E-state index in [4.69, 9.17) is 10.5 Å². The average molecular weight is 462 g/mol. The third-order valence-corrected chi connectivity index (χ3v) is 6.05. The molecule has 1 fully saturated rings. The Labute approximate surface area is 193 Å². The van der Waals surface area contributed by atoms with Crippen LogP contribution in [0.25, 0.3) is 16.8 Å². The lowest BCUT2D eigenvalue weighted by atomic mass is 9.99. The summed E-state index contributed by atoms with van der Waals surface area (Å²) < 4.78 is 36.2. The van der Waals surface area contributed by atoms with Crippen molar-refractivity contribution in [1.82, 2.24) is 24.5 Å².